The molecule has 0 atom stereocenters. The monoisotopic (exact) mass is 371 g/mol. The largest absolute Gasteiger partial charge is 0.493 e. The summed E-state index contributed by atoms with van der Waals surface area (Å²) in [6.45, 7) is 0. The van der Waals surface area contributed by atoms with Crippen molar-refractivity contribution in [3.8, 4) is 17.2 Å². The normalized spacial score (nSPS) is 10.2. The van der Waals surface area contributed by atoms with E-state index in [1.807, 2.05) is 6.07 Å². The number of nitro groups is 1. The summed E-state index contributed by atoms with van der Waals surface area (Å²) in [7, 11) is 1.46. The standard InChI is InChI=1S/C14H11BrClNO4/c1-20-12-6-5-10(17(18)19)7-13(12)21-14-9(8-15)3-2-4-11(14)16/h2-7H,8H2,1H3. The summed E-state index contributed by atoms with van der Waals surface area (Å²) in [5, 5.41) is 11.8. The van der Waals surface area contributed by atoms with Gasteiger partial charge in [-0.25, -0.2) is 0 Å². The van der Waals surface area contributed by atoms with E-state index in [2.05, 4.69) is 15.9 Å². The molecule has 21 heavy (non-hydrogen) atoms. The van der Waals surface area contributed by atoms with E-state index in [0.29, 0.717) is 21.9 Å². The highest BCUT2D eigenvalue weighted by atomic mass is 79.9. The van der Waals surface area contributed by atoms with Crippen LogP contribution in [0, 0.1) is 10.1 Å². The van der Waals surface area contributed by atoms with Gasteiger partial charge in [0.25, 0.3) is 5.69 Å². The molecule has 110 valence electrons. The molecule has 2 aromatic carbocycles. The van der Waals surface area contributed by atoms with Crippen molar-refractivity contribution < 1.29 is 14.4 Å². The van der Waals surface area contributed by atoms with Gasteiger partial charge in [0, 0.05) is 17.0 Å². The van der Waals surface area contributed by atoms with Crippen molar-refractivity contribution in [1.29, 1.82) is 0 Å². The molecule has 0 N–H and O–H groups in total. The molecule has 0 saturated carbocycles. The van der Waals surface area contributed by atoms with Crippen LogP contribution in [0.2, 0.25) is 5.02 Å². The molecule has 0 unspecified atom stereocenters. The number of para-hydroxylation sites is 1. The van der Waals surface area contributed by atoms with Gasteiger partial charge in [-0.2, -0.15) is 0 Å². The summed E-state index contributed by atoms with van der Waals surface area (Å²) in [5.74, 6) is 1.07. The number of nitrogens with zero attached hydrogens (tertiary/aromatic N) is 1. The summed E-state index contributed by atoms with van der Waals surface area (Å²) in [6, 6.07) is 9.48. The molecule has 0 aromatic heterocycles. The topological polar surface area (TPSA) is 61.6 Å². The second kappa shape index (κ2) is 6.78. The third kappa shape index (κ3) is 3.46. The first-order valence-corrected chi connectivity index (χ1v) is 7.40. The summed E-state index contributed by atoms with van der Waals surface area (Å²) < 4.78 is 10.9. The van der Waals surface area contributed by atoms with Gasteiger partial charge in [0.1, 0.15) is 5.75 Å². The summed E-state index contributed by atoms with van der Waals surface area (Å²) in [5.41, 5.74) is 0.745. The fourth-order valence-electron chi connectivity index (χ4n) is 1.74. The lowest BCUT2D eigenvalue weighted by Gasteiger charge is -2.13. The van der Waals surface area contributed by atoms with Crippen LogP contribution >= 0.6 is 27.5 Å². The second-order valence-corrected chi connectivity index (χ2v) is 5.02. The average Bonchev–Trinajstić information content (AvgIpc) is 2.49. The van der Waals surface area contributed by atoms with E-state index in [4.69, 9.17) is 21.1 Å². The molecular formula is C14H11BrClNO4. The first kappa shape index (κ1) is 15.6. The fourth-order valence-corrected chi connectivity index (χ4v) is 2.42. The molecule has 5 nitrogen and oxygen atoms in total. The van der Waals surface area contributed by atoms with Crippen molar-refractivity contribution in [2.45, 2.75) is 5.33 Å². The Kier molecular flexibility index (Phi) is 5.03. The van der Waals surface area contributed by atoms with Crippen molar-refractivity contribution in [2.24, 2.45) is 0 Å². The van der Waals surface area contributed by atoms with Crippen molar-refractivity contribution >= 4 is 33.2 Å². The van der Waals surface area contributed by atoms with E-state index in [1.54, 1.807) is 12.1 Å². The zero-order valence-electron chi connectivity index (χ0n) is 11.0. The minimum Gasteiger partial charge on any atom is -0.493 e. The molecule has 2 aromatic rings. The minimum absolute atomic E-state index is 0.0850. The Morgan fingerprint density at radius 1 is 1.29 bits per heavy atom. The third-order valence-corrected chi connectivity index (χ3v) is 3.66. The number of alkyl halides is 1. The molecule has 0 bridgehead atoms. The number of rotatable bonds is 5. The maximum absolute atomic E-state index is 10.9. The van der Waals surface area contributed by atoms with Crippen LogP contribution in [0.15, 0.2) is 36.4 Å². The van der Waals surface area contributed by atoms with Crippen molar-refractivity contribution in [3.05, 3.63) is 57.1 Å². The van der Waals surface area contributed by atoms with Gasteiger partial charge in [-0.05, 0) is 12.1 Å². The number of halogens is 2. The Labute approximate surface area is 134 Å². The van der Waals surface area contributed by atoms with Crippen LogP contribution < -0.4 is 9.47 Å². The maximum Gasteiger partial charge on any atom is 0.273 e. The van der Waals surface area contributed by atoms with Crippen LogP contribution in [0.25, 0.3) is 0 Å². The molecule has 0 heterocycles. The van der Waals surface area contributed by atoms with E-state index in [9.17, 15) is 10.1 Å². The predicted octanol–water partition coefficient (Wildman–Crippen LogP) is 4.94. The van der Waals surface area contributed by atoms with Crippen LogP contribution in [0.5, 0.6) is 17.2 Å². The van der Waals surface area contributed by atoms with E-state index in [1.165, 1.54) is 25.3 Å². The molecule has 0 aliphatic carbocycles. The maximum atomic E-state index is 10.9. The number of non-ortho nitro benzene ring substituents is 1. The Hall–Kier alpha value is -1.79. The number of methoxy groups -OCH3 is 1. The quantitative estimate of drug-likeness (QED) is 0.423. The van der Waals surface area contributed by atoms with Crippen LogP contribution in [0.3, 0.4) is 0 Å². The van der Waals surface area contributed by atoms with Gasteiger partial charge < -0.3 is 9.47 Å². The van der Waals surface area contributed by atoms with Gasteiger partial charge in [-0.1, -0.05) is 39.7 Å². The Bertz CT molecular complexity index is 678. The van der Waals surface area contributed by atoms with Crippen molar-refractivity contribution in [2.75, 3.05) is 7.11 Å². The highest BCUT2D eigenvalue weighted by Crippen LogP contribution is 2.39. The predicted molar refractivity (Wildman–Crippen MR) is 83.8 cm³/mol. The van der Waals surface area contributed by atoms with Crippen LogP contribution in [0.1, 0.15) is 5.56 Å². The van der Waals surface area contributed by atoms with E-state index >= 15 is 0 Å². The summed E-state index contributed by atoms with van der Waals surface area (Å²) >= 11 is 9.49. The van der Waals surface area contributed by atoms with Gasteiger partial charge >= 0.3 is 0 Å². The Morgan fingerprint density at radius 2 is 2.05 bits per heavy atom. The van der Waals surface area contributed by atoms with Crippen LogP contribution in [-0.2, 0) is 5.33 Å². The number of ether oxygens (including phenoxy) is 2. The van der Waals surface area contributed by atoms with Crippen LogP contribution in [0.4, 0.5) is 5.69 Å². The van der Waals surface area contributed by atoms with E-state index in [0.717, 1.165) is 5.56 Å². The van der Waals surface area contributed by atoms with Gasteiger partial charge in [-0.15, -0.1) is 0 Å². The van der Waals surface area contributed by atoms with Crippen molar-refractivity contribution in [1.82, 2.24) is 0 Å². The Morgan fingerprint density at radius 3 is 2.67 bits per heavy atom. The molecule has 2 rings (SSSR count). The molecule has 0 spiro atoms. The molecule has 0 radical (unpaired) electrons. The third-order valence-electron chi connectivity index (χ3n) is 2.76. The number of nitro benzene ring substituents is 1. The van der Waals surface area contributed by atoms with Crippen LogP contribution in [-0.4, -0.2) is 12.0 Å². The van der Waals surface area contributed by atoms with Crippen molar-refractivity contribution in [3.63, 3.8) is 0 Å². The van der Waals surface area contributed by atoms with Gasteiger partial charge in [0.2, 0.25) is 0 Å². The molecular weight excluding hydrogens is 362 g/mol. The first-order chi connectivity index (χ1) is 10.1. The zero-order chi connectivity index (χ0) is 15.4. The van der Waals surface area contributed by atoms with Gasteiger partial charge in [0.05, 0.1) is 23.1 Å². The minimum atomic E-state index is -0.496. The number of benzene rings is 2. The van der Waals surface area contributed by atoms with Gasteiger partial charge in [-0.3, -0.25) is 10.1 Å². The fraction of sp³-hybridized carbons (Fsp3) is 0.143. The SMILES string of the molecule is COc1ccc([N+](=O)[O-])cc1Oc1c(Cl)cccc1CBr. The molecule has 0 aliphatic rings. The molecule has 0 amide bonds. The average molecular weight is 373 g/mol. The second-order valence-electron chi connectivity index (χ2n) is 4.06. The molecule has 0 saturated heterocycles. The first-order valence-electron chi connectivity index (χ1n) is 5.90. The lowest BCUT2D eigenvalue weighted by atomic mass is 10.2. The summed E-state index contributed by atoms with van der Waals surface area (Å²) in [6.07, 6.45) is 0. The Balaban J connectivity index is 2.48. The smallest absolute Gasteiger partial charge is 0.273 e. The lowest BCUT2D eigenvalue weighted by molar-refractivity contribution is -0.384. The zero-order valence-corrected chi connectivity index (χ0v) is 13.3. The lowest BCUT2D eigenvalue weighted by Crippen LogP contribution is -1.96. The van der Waals surface area contributed by atoms with E-state index < -0.39 is 4.92 Å². The summed E-state index contributed by atoms with van der Waals surface area (Å²) in [4.78, 5) is 10.4. The van der Waals surface area contributed by atoms with E-state index in [-0.39, 0.29) is 11.4 Å². The molecule has 0 aliphatic heterocycles. The number of hydrogen-bond acceptors (Lipinski definition) is 4. The highest BCUT2D eigenvalue weighted by molar-refractivity contribution is 9.08. The van der Waals surface area contributed by atoms with Gasteiger partial charge in [0.15, 0.2) is 11.5 Å². The highest BCUT2D eigenvalue weighted by Gasteiger charge is 2.16. The number of hydrogen-bond donors (Lipinski definition) is 0. The molecule has 0 fully saturated rings. The molecule has 7 heteroatoms.